The second kappa shape index (κ2) is 6.30. The highest BCUT2D eigenvalue weighted by Crippen LogP contribution is 2.24. The molecule has 0 spiro atoms. The van der Waals surface area contributed by atoms with E-state index < -0.39 is 0 Å². The Hall–Kier alpha value is -0.160. The van der Waals surface area contributed by atoms with Crippen molar-refractivity contribution in [3.8, 4) is 0 Å². The van der Waals surface area contributed by atoms with Gasteiger partial charge in [-0.25, -0.2) is 0 Å². The van der Waals surface area contributed by atoms with Crippen molar-refractivity contribution in [2.75, 3.05) is 39.3 Å². The molecule has 0 aromatic heterocycles. The first-order chi connectivity index (χ1) is 9.32. The van der Waals surface area contributed by atoms with Crippen molar-refractivity contribution in [3.05, 3.63) is 0 Å². The summed E-state index contributed by atoms with van der Waals surface area (Å²) in [6.07, 6.45) is 3.59. The molecule has 1 aliphatic heterocycles. The summed E-state index contributed by atoms with van der Waals surface area (Å²) in [5, 5.41) is 13.3. The summed E-state index contributed by atoms with van der Waals surface area (Å²) in [5.74, 6) is 0. The average Bonchev–Trinajstić information content (AvgIpc) is 3.20. The molecular formula is C16H33N3O. The molecule has 118 valence electrons. The van der Waals surface area contributed by atoms with Crippen LogP contribution in [0, 0.1) is 0 Å². The highest BCUT2D eigenvalue weighted by Gasteiger charge is 2.33. The lowest BCUT2D eigenvalue weighted by molar-refractivity contribution is 0.0545. The van der Waals surface area contributed by atoms with Crippen LogP contribution < -0.4 is 5.32 Å². The monoisotopic (exact) mass is 283 g/mol. The van der Waals surface area contributed by atoms with E-state index in [4.69, 9.17) is 0 Å². The number of rotatable bonds is 6. The fraction of sp³-hybridized carbons (Fsp3) is 1.00. The maximum atomic E-state index is 9.65. The van der Waals surface area contributed by atoms with Crippen LogP contribution >= 0.6 is 0 Å². The molecule has 20 heavy (non-hydrogen) atoms. The molecule has 0 amide bonds. The first-order valence-corrected chi connectivity index (χ1v) is 8.18. The lowest BCUT2D eigenvalue weighted by Crippen LogP contribution is -2.55. The van der Waals surface area contributed by atoms with Crippen molar-refractivity contribution in [1.29, 1.82) is 0 Å². The van der Waals surface area contributed by atoms with Crippen molar-refractivity contribution in [2.45, 2.75) is 64.1 Å². The first-order valence-electron chi connectivity index (χ1n) is 8.18. The van der Waals surface area contributed by atoms with Crippen molar-refractivity contribution in [3.63, 3.8) is 0 Å². The molecule has 0 radical (unpaired) electrons. The van der Waals surface area contributed by atoms with Gasteiger partial charge < -0.3 is 15.3 Å². The second-order valence-electron chi connectivity index (χ2n) is 7.89. The van der Waals surface area contributed by atoms with Crippen LogP contribution in [-0.4, -0.2) is 71.4 Å². The quantitative estimate of drug-likeness (QED) is 0.771. The van der Waals surface area contributed by atoms with Gasteiger partial charge >= 0.3 is 0 Å². The van der Waals surface area contributed by atoms with Gasteiger partial charge in [0, 0.05) is 49.8 Å². The van der Waals surface area contributed by atoms with E-state index in [0.717, 1.165) is 39.1 Å². The lowest BCUT2D eigenvalue weighted by Gasteiger charge is -2.43. The van der Waals surface area contributed by atoms with E-state index in [-0.39, 0.29) is 12.1 Å². The van der Waals surface area contributed by atoms with Crippen LogP contribution in [0.3, 0.4) is 0 Å². The smallest absolute Gasteiger partial charge is 0.0611 e. The minimum Gasteiger partial charge on any atom is -0.394 e. The zero-order chi connectivity index (χ0) is 14.8. The van der Waals surface area contributed by atoms with Crippen LogP contribution in [0.2, 0.25) is 0 Å². The van der Waals surface area contributed by atoms with E-state index in [1.165, 1.54) is 12.8 Å². The van der Waals surface area contributed by atoms with Gasteiger partial charge in [-0.05, 0) is 47.0 Å². The van der Waals surface area contributed by atoms with E-state index in [0.29, 0.717) is 11.6 Å². The van der Waals surface area contributed by atoms with Gasteiger partial charge in [-0.2, -0.15) is 0 Å². The predicted octanol–water partition coefficient (Wildman–Crippen LogP) is 1.30. The van der Waals surface area contributed by atoms with E-state index >= 15 is 0 Å². The minimum absolute atomic E-state index is 0.0949. The zero-order valence-corrected chi connectivity index (χ0v) is 13.8. The van der Waals surface area contributed by atoms with Crippen LogP contribution in [0.1, 0.15) is 47.0 Å². The Balaban J connectivity index is 1.72. The fourth-order valence-electron chi connectivity index (χ4n) is 2.96. The SMILES string of the molecule is CC(CO)(CCN1CCN(C(C)(C)C)CC1)NC1CC1. The Morgan fingerprint density at radius 1 is 1.05 bits per heavy atom. The number of piperazine rings is 1. The van der Waals surface area contributed by atoms with Gasteiger partial charge in [-0.15, -0.1) is 0 Å². The van der Waals surface area contributed by atoms with Crippen molar-refractivity contribution < 1.29 is 5.11 Å². The normalized spacial score (nSPS) is 25.6. The standard InChI is InChI=1S/C16H33N3O/c1-15(2,3)19-11-9-18(10-12-19)8-7-16(4,13-20)17-14-5-6-14/h14,17,20H,5-13H2,1-4H3. The molecule has 1 unspecified atom stereocenters. The third kappa shape index (κ3) is 4.69. The fourth-order valence-corrected chi connectivity index (χ4v) is 2.96. The van der Waals surface area contributed by atoms with Gasteiger partial charge in [0.1, 0.15) is 0 Å². The van der Waals surface area contributed by atoms with Gasteiger partial charge in [0.15, 0.2) is 0 Å². The lowest BCUT2D eigenvalue weighted by atomic mass is 9.98. The molecule has 4 heteroatoms. The topological polar surface area (TPSA) is 38.7 Å². The molecule has 1 aliphatic carbocycles. The van der Waals surface area contributed by atoms with Crippen molar-refractivity contribution in [2.24, 2.45) is 0 Å². The van der Waals surface area contributed by atoms with Crippen molar-refractivity contribution >= 4 is 0 Å². The number of nitrogens with one attached hydrogen (secondary N) is 1. The Morgan fingerprint density at radius 2 is 1.65 bits per heavy atom. The van der Waals surface area contributed by atoms with E-state index in [1.807, 2.05) is 0 Å². The highest BCUT2D eigenvalue weighted by molar-refractivity contribution is 4.93. The van der Waals surface area contributed by atoms with E-state index in [9.17, 15) is 5.11 Å². The molecule has 4 nitrogen and oxygen atoms in total. The molecule has 2 fully saturated rings. The maximum Gasteiger partial charge on any atom is 0.0611 e. The van der Waals surface area contributed by atoms with Crippen LogP contribution in [0.4, 0.5) is 0 Å². The summed E-state index contributed by atoms with van der Waals surface area (Å²) in [6, 6.07) is 0.657. The summed E-state index contributed by atoms with van der Waals surface area (Å²) in [7, 11) is 0. The molecule has 1 atom stereocenters. The molecule has 0 bridgehead atoms. The van der Waals surface area contributed by atoms with E-state index in [1.54, 1.807) is 0 Å². The maximum absolute atomic E-state index is 9.65. The molecule has 2 aliphatic rings. The second-order valence-corrected chi connectivity index (χ2v) is 7.89. The van der Waals surface area contributed by atoms with Gasteiger partial charge in [0.25, 0.3) is 0 Å². The third-order valence-electron chi connectivity index (χ3n) is 4.78. The van der Waals surface area contributed by atoms with Gasteiger partial charge in [0.2, 0.25) is 0 Å². The largest absolute Gasteiger partial charge is 0.394 e. The number of nitrogens with zero attached hydrogens (tertiary/aromatic N) is 2. The van der Waals surface area contributed by atoms with Crippen LogP contribution in [-0.2, 0) is 0 Å². The number of hydrogen-bond donors (Lipinski definition) is 2. The molecule has 1 heterocycles. The molecular weight excluding hydrogens is 250 g/mol. The summed E-state index contributed by atoms with van der Waals surface area (Å²) in [6.45, 7) is 15.0. The Bertz CT molecular complexity index is 303. The summed E-state index contributed by atoms with van der Waals surface area (Å²) in [5.41, 5.74) is 0.196. The average molecular weight is 283 g/mol. The zero-order valence-electron chi connectivity index (χ0n) is 13.8. The molecule has 1 saturated carbocycles. The summed E-state index contributed by atoms with van der Waals surface area (Å²) < 4.78 is 0. The molecule has 0 aromatic carbocycles. The van der Waals surface area contributed by atoms with Gasteiger partial charge in [0.05, 0.1) is 6.61 Å². The molecule has 2 N–H and O–H groups in total. The van der Waals surface area contributed by atoms with E-state index in [2.05, 4.69) is 42.8 Å². The van der Waals surface area contributed by atoms with Crippen LogP contribution in [0.25, 0.3) is 0 Å². The predicted molar refractivity (Wildman–Crippen MR) is 84.0 cm³/mol. The van der Waals surface area contributed by atoms with Gasteiger partial charge in [-0.3, -0.25) is 4.90 Å². The Labute approximate surface area is 124 Å². The summed E-state index contributed by atoms with van der Waals surface area (Å²) in [4.78, 5) is 5.11. The molecule has 0 aromatic rings. The Morgan fingerprint density at radius 3 is 2.10 bits per heavy atom. The van der Waals surface area contributed by atoms with Gasteiger partial charge in [-0.1, -0.05) is 0 Å². The molecule has 2 rings (SSSR count). The third-order valence-corrected chi connectivity index (χ3v) is 4.78. The number of aliphatic hydroxyl groups is 1. The highest BCUT2D eigenvalue weighted by atomic mass is 16.3. The number of aliphatic hydroxyl groups excluding tert-OH is 1. The molecule has 1 saturated heterocycles. The summed E-state index contributed by atoms with van der Waals surface area (Å²) >= 11 is 0. The first kappa shape index (κ1) is 16.2. The van der Waals surface area contributed by atoms with Crippen molar-refractivity contribution in [1.82, 2.24) is 15.1 Å². The minimum atomic E-state index is -0.0949. The Kier molecular flexibility index (Phi) is 5.11. The number of hydrogen-bond acceptors (Lipinski definition) is 4. The van der Waals surface area contributed by atoms with Crippen LogP contribution in [0.15, 0.2) is 0 Å². The van der Waals surface area contributed by atoms with Crippen LogP contribution in [0.5, 0.6) is 0 Å².